The maximum absolute atomic E-state index is 13.3. The molecule has 1 aliphatic heterocycles. The summed E-state index contributed by atoms with van der Waals surface area (Å²) in [6.45, 7) is 1.90. The Bertz CT molecular complexity index is 1090. The van der Waals surface area contributed by atoms with Gasteiger partial charge >= 0.3 is 0 Å². The minimum Gasteiger partial charge on any atom is -0.507 e. The van der Waals surface area contributed by atoms with Crippen LogP contribution in [0.4, 0.5) is 10.1 Å². The zero-order valence-corrected chi connectivity index (χ0v) is 15.7. The van der Waals surface area contributed by atoms with Crippen molar-refractivity contribution in [3.63, 3.8) is 0 Å². The molecule has 3 aromatic rings. The number of halogens is 1. The number of hydrogen-bond donors (Lipinski definition) is 1. The number of ketones is 1. The predicted octanol–water partition coefficient (Wildman–Crippen LogP) is 4.82. The molecule has 1 saturated heterocycles. The van der Waals surface area contributed by atoms with E-state index in [4.69, 9.17) is 0 Å². The molecule has 0 saturated carbocycles. The Morgan fingerprint density at radius 2 is 1.82 bits per heavy atom. The number of benzene rings is 2. The molecule has 6 heteroatoms. The van der Waals surface area contributed by atoms with Crippen molar-refractivity contribution in [2.45, 2.75) is 13.0 Å². The predicted molar refractivity (Wildman–Crippen MR) is 107 cm³/mol. The van der Waals surface area contributed by atoms with Crippen LogP contribution in [0.25, 0.3) is 5.76 Å². The summed E-state index contributed by atoms with van der Waals surface area (Å²) in [4.78, 5) is 27.9. The fourth-order valence-corrected chi connectivity index (χ4v) is 4.18. The van der Waals surface area contributed by atoms with Gasteiger partial charge in [-0.05, 0) is 60.3 Å². The Morgan fingerprint density at radius 3 is 2.46 bits per heavy atom. The summed E-state index contributed by atoms with van der Waals surface area (Å²) in [7, 11) is 0. The minimum atomic E-state index is -0.762. The van der Waals surface area contributed by atoms with E-state index < -0.39 is 23.5 Å². The third kappa shape index (κ3) is 3.01. The van der Waals surface area contributed by atoms with E-state index in [9.17, 15) is 19.1 Å². The first-order valence-corrected chi connectivity index (χ1v) is 9.52. The van der Waals surface area contributed by atoms with Crippen LogP contribution in [0.15, 0.2) is 71.6 Å². The Morgan fingerprint density at radius 1 is 1.07 bits per heavy atom. The quantitative estimate of drug-likeness (QED) is 0.394. The molecule has 4 rings (SSSR count). The topological polar surface area (TPSA) is 57.6 Å². The van der Waals surface area contributed by atoms with Gasteiger partial charge in [0, 0.05) is 16.1 Å². The number of nitrogens with zero attached hydrogens (tertiary/aromatic N) is 1. The van der Waals surface area contributed by atoms with Crippen molar-refractivity contribution in [2.24, 2.45) is 0 Å². The standard InChI is InChI=1S/C22H16FNO3S/c1-13-4-2-5-16(12-13)24-19(17-6-3-11-28-17)18(21(26)22(24)27)20(25)14-7-9-15(23)10-8-14/h2-12,19,25H,1H3/b20-18-. The summed E-state index contributed by atoms with van der Waals surface area (Å²) in [5.41, 5.74) is 1.81. The first-order valence-electron chi connectivity index (χ1n) is 8.64. The fraction of sp³-hybridized carbons (Fsp3) is 0.0909. The van der Waals surface area contributed by atoms with Crippen molar-refractivity contribution in [3.8, 4) is 0 Å². The van der Waals surface area contributed by atoms with Gasteiger partial charge < -0.3 is 5.11 Å². The highest BCUT2D eigenvalue weighted by Crippen LogP contribution is 2.43. The number of carbonyl (C=O) groups excluding carboxylic acids is 2. The molecule has 0 aliphatic carbocycles. The van der Waals surface area contributed by atoms with Gasteiger partial charge in [-0.25, -0.2) is 4.39 Å². The molecule has 1 amide bonds. The van der Waals surface area contributed by atoms with Crippen molar-refractivity contribution in [1.29, 1.82) is 0 Å². The van der Waals surface area contributed by atoms with Gasteiger partial charge in [0.1, 0.15) is 17.6 Å². The van der Waals surface area contributed by atoms with Crippen molar-refractivity contribution in [2.75, 3.05) is 4.90 Å². The van der Waals surface area contributed by atoms with Crippen molar-refractivity contribution < 1.29 is 19.1 Å². The maximum atomic E-state index is 13.3. The van der Waals surface area contributed by atoms with Crippen LogP contribution in [-0.4, -0.2) is 16.8 Å². The number of thiophene rings is 1. The molecule has 1 aromatic heterocycles. The lowest BCUT2D eigenvalue weighted by molar-refractivity contribution is -0.132. The molecule has 1 unspecified atom stereocenters. The van der Waals surface area contributed by atoms with E-state index in [1.165, 1.54) is 40.5 Å². The number of aliphatic hydroxyl groups is 1. The molecule has 1 atom stereocenters. The molecule has 1 fully saturated rings. The molecular weight excluding hydrogens is 377 g/mol. The van der Waals surface area contributed by atoms with E-state index in [1.807, 2.05) is 42.6 Å². The normalized spacial score (nSPS) is 18.6. The Balaban J connectivity index is 1.93. The van der Waals surface area contributed by atoms with Crippen molar-refractivity contribution in [3.05, 3.63) is 93.4 Å². The second kappa shape index (κ2) is 7.05. The minimum absolute atomic E-state index is 0.000522. The highest BCUT2D eigenvalue weighted by molar-refractivity contribution is 7.10. The van der Waals surface area contributed by atoms with Gasteiger partial charge in [-0.1, -0.05) is 18.2 Å². The summed E-state index contributed by atoms with van der Waals surface area (Å²) < 4.78 is 13.3. The fourth-order valence-electron chi connectivity index (χ4n) is 3.36. The molecule has 0 radical (unpaired) electrons. The SMILES string of the molecule is Cc1cccc(N2C(=O)C(=O)/C(=C(\O)c3ccc(F)cc3)C2c2cccs2)c1. The van der Waals surface area contributed by atoms with Crippen LogP contribution in [0, 0.1) is 12.7 Å². The highest BCUT2D eigenvalue weighted by Gasteiger charge is 2.47. The van der Waals surface area contributed by atoms with Gasteiger partial charge in [0.15, 0.2) is 0 Å². The number of aryl methyl sites for hydroxylation is 1. The Labute approximate surface area is 165 Å². The molecule has 4 nitrogen and oxygen atoms in total. The molecule has 0 bridgehead atoms. The number of Topliss-reactive ketones (excluding diaryl/α,β-unsaturated/α-hetero) is 1. The van der Waals surface area contributed by atoms with Gasteiger partial charge in [0.2, 0.25) is 0 Å². The van der Waals surface area contributed by atoms with E-state index in [2.05, 4.69) is 0 Å². The molecule has 0 spiro atoms. The number of anilines is 1. The molecule has 2 heterocycles. The molecule has 2 aromatic carbocycles. The summed E-state index contributed by atoms with van der Waals surface area (Å²) in [6, 6.07) is 15.4. The lowest BCUT2D eigenvalue weighted by atomic mass is 9.99. The average Bonchev–Trinajstić information content (AvgIpc) is 3.29. The third-order valence-electron chi connectivity index (χ3n) is 4.65. The molecule has 28 heavy (non-hydrogen) atoms. The van der Waals surface area contributed by atoms with E-state index in [-0.39, 0.29) is 16.9 Å². The first-order chi connectivity index (χ1) is 13.5. The molecule has 1 aliphatic rings. The van der Waals surface area contributed by atoms with E-state index in [1.54, 1.807) is 6.07 Å². The second-order valence-corrected chi connectivity index (χ2v) is 7.51. The van der Waals surface area contributed by atoms with Gasteiger partial charge in [0.25, 0.3) is 11.7 Å². The van der Waals surface area contributed by atoms with Gasteiger partial charge in [-0.2, -0.15) is 0 Å². The summed E-state index contributed by atoms with van der Waals surface area (Å²) >= 11 is 1.39. The summed E-state index contributed by atoms with van der Waals surface area (Å²) in [5.74, 6) is -2.23. The lowest BCUT2D eigenvalue weighted by Gasteiger charge is -2.24. The van der Waals surface area contributed by atoms with E-state index >= 15 is 0 Å². The second-order valence-electron chi connectivity index (χ2n) is 6.53. The summed E-state index contributed by atoms with van der Waals surface area (Å²) in [6.07, 6.45) is 0. The largest absolute Gasteiger partial charge is 0.507 e. The molecule has 1 N–H and O–H groups in total. The zero-order valence-electron chi connectivity index (χ0n) is 14.9. The average molecular weight is 393 g/mol. The van der Waals surface area contributed by atoms with Crippen LogP contribution in [0.5, 0.6) is 0 Å². The Kier molecular flexibility index (Phi) is 4.57. The lowest BCUT2D eigenvalue weighted by Crippen LogP contribution is -2.29. The number of amides is 1. The molecular formula is C22H16FNO3S. The Hall–Kier alpha value is -3.25. The van der Waals surface area contributed by atoms with Crippen LogP contribution in [0.2, 0.25) is 0 Å². The van der Waals surface area contributed by atoms with Crippen LogP contribution in [0.3, 0.4) is 0 Å². The smallest absolute Gasteiger partial charge is 0.300 e. The number of aliphatic hydroxyl groups excluding tert-OH is 1. The van der Waals surface area contributed by atoms with Gasteiger partial charge in [-0.15, -0.1) is 11.3 Å². The van der Waals surface area contributed by atoms with Crippen molar-refractivity contribution in [1.82, 2.24) is 0 Å². The number of rotatable bonds is 3. The monoisotopic (exact) mass is 393 g/mol. The van der Waals surface area contributed by atoms with Gasteiger partial charge in [-0.3, -0.25) is 14.5 Å². The zero-order chi connectivity index (χ0) is 19.8. The van der Waals surface area contributed by atoms with Crippen LogP contribution in [0.1, 0.15) is 22.0 Å². The number of hydrogen-bond acceptors (Lipinski definition) is 4. The van der Waals surface area contributed by atoms with E-state index in [0.29, 0.717) is 5.69 Å². The van der Waals surface area contributed by atoms with E-state index in [0.717, 1.165) is 10.4 Å². The molecule has 140 valence electrons. The van der Waals surface area contributed by atoms with Crippen molar-refractivity contribution >= 4 is 34.5 Å². The van der Waals surface area contributed by atoms with Gasteiger partial charge in [0.05, 0.1) is 5.57 Å². The highest BCUT2D eigenvalue weighted by atomic mass is 32.1. The van der Waals surface area contributed by atoms with Crippen LogP contribution >= 0.6 is 11.3 Å². The van der Waals surface area contributed by atoms with Crippen LogP contribution < -0.4 is 4.90 Å². The number of carbonyl (C=O) groups is 2. The maximum Gasteiger partial charge on any atom is 0.300 e. The first kappa shape index (κ1) is 18.1. The third-order valence-corrected chi connectivity index (χ3v) is 5.58. The summed E-state index contributed by atoms with van der Waals surface area (Å²) in [5, 5.41) is 12.7. The van der Waals surface area contributed by atoms with Crippen LogP contribution in [-0.2, 0) is 9.59 Å².